The molecule has 0 heterocycles. The largest absolute Gasteiger partial charge is 0.393 e. The Kier molecular flexibility index (Phi) is 4.73. The summed E-state index contributed by atoms with van der Waals surface area (Å²) < 4.78 is 0. The Bertz CT molecular complexity index is 61.5. The topological polar surface area (TPSA) is 46.2 Å². The number of hydrogen-bond donors (Lipinski definition) is 2. The van der Waals surface area contributed by atoms with Crippen LogP contribution in [0.5, 0.6) is 0 Å². The van der Waals surface area contributed by atoms with Crippen molar-refractivity contribution in [2.24, 2.45) is 5.73 Å². The second-order valence-corrected chi connectivity index (χ2v) is 2.57. The van der Waals surface area contributed by atoms with Crippen LogP contribution in [-0.4, -0.2) is 17.3 Å². The molecule has 0 atom stereocenters. The molecule has 1 aliphatic carbocycles. The maximum atomic E-state index is 8.97. The molecule has 0 aromatic heterocycles. The molecular formula is C6H13NOW. The molecule has 0 unspecified atom stereocenters. The molecule has 1 fully saturated rings. The maximum absolute atomic E-state index is 8.97. The van der Waals surface area contributed by atoms with Crippen molar-refractivity contribution in [2.45, 2.75) is 37.8 Å². The smallest absolute Gasteiger partial charge is 0.0541 e. The van der Waals surface area contributed by atoms with E-state index in [9.17, 15) is 0 Å². The summed E-state index contributed by atoms with van der Waals surface area (Å²) in [5.41, 5.74) is 5.59. The van der Waals surface area contributed by atoms with Gasteiger partial charge in [0.2, 0.25) is 0 Å². The molecule has 0 bridgehead atoms. The van der Waals surface area contributed by atoms with E-state index in [0.717, 1.165) is 25.7 Å². The van der Waals surface area contributed by atoms with Gasteiger partial charge in [0.1, 0.15) is 0 Å². The van der Waals surface area contributed by atoms with Crippen LogP contribution in [-0.2, 0) is 21.1 Å². The SMILES string of the molecule is NC1CCC(O)CC1.[W]. The van der Waals surface area contributed by atoms with Crippen molar-refractivity contribution in [1.82, 2.24) is 0 Å². The van der Waals surface area contributed by atoms with Gasteiger partial charge in [-0.3, -0.25) is 0 Å². The van der Waals surface area contributed by atoms with Gasteiger partial charge in [-0.2, -0.15) is 0 Å². The van der Waals surface area contributed by atoms with Crippen molar-refractivity contribution in [3.8, 4) is 0 Å². The summed E-state index contributed by atoms with van der Waals surface area (Å²) in [6.07, 6.45) is 3.75. The number of aliphatic hydroxyl groups is 1. The molecule has 1 saturated carbocycles. The van der Waals surface area contributed by atoms with Crippen molar-refractivity contribution in [2.75, 3.05) is 0 Å². The van der Waals surface area contributed by atoms with Gasteiger partial charge in [-0.25, -0.2) is 0 Å². The van der Waals surface area contributed by atoms with E-state index in [1.54, 1.807) is 0 Å². The third-order valence-corrected chi connectivity index (χ3v) is 1.74. The Morgan fingerprint density at radius 1 is 1.11 bits per heavy atom. The van der Waals surface area contributed by atoms with Gasteiger partial charge in [-0.1, -0.05) is 0 Å². The summed E-state index contributed by atoms with van der Waals surface area (Å²) in [5, 5.41) is 8.97. The van der Waals surface area contributed by atoms with Gasteiger partial charge in [0, 0.05) is 27.1 Å². The molecular weight excluding hydrogens is 286 g/mol. The minimum Gasteiger partial charge on any atom is -0.393 e. The van der Waals surface area contributed by atoms with Gasteiger partial charge in [-0.15, -0.1) is 0 Å². The molecule has 54 valence electrons. The molecule has 0 amide bonds. The minimum atomic E-state index is -0.0604. The number of rotatable bonds is 0. The average molecular weight is 299 g/mol. The first-order valence-electron chi connectivity index (χ1n) is 3.22. The molecule has 0 saturated heterocycles. The van der Waals surface area contributed by atoms with E-state index >= 15 is 0 Å². The standard InChI is InChI=1S/C6H13NO.W/c7-5-1-3-6(8)4-2-5;/h5-6,8H,1-4,7H2;. The van der Waals surface area contributed by atoms with Crippen LogP contribution in [0.25, 0.3) is 0 Å². The van der Waals surface area contributed by atoms with E-state index < -0.39 is 0 Å². The molecule has 3 heteroatoms. The maximum Gasteiger partial charge on any atom is 0.0541 e. The zero-order chi connectivity index (χ0) is 5.98. The molecule has 0 radical (unpaired) electrons. The quantitative estimate of drug-likeness (QED) is 0.673. The molecule has 0 spiro atoms. The van der Waals surface area contributed by atoms with Crippen molar-refractivity contribution < 1.29 is 26.2 Å². The molecule has 0 aromatic carbocycles. The van der Waals surface area contributed by atoms with Crippen molar-refractivity contribution in [3.05, 3.63) is 0 Å². The van der Waals surface area contributed by atoms with Crippen LogP contribution in [0.4, 0.5) is 0 Å². The van der Waals surface area contributed by atoms with Crippen LogP contribution in [0.15, 0.2) is 0 Å². The summed E-state index contributed by atoms with van der Waals surface area (Å²) in [6, 6.07) is 0.360. The Balaban J connectivity index is 0.000000640. The van der Waals surface area contributed by atoms with E-state index in [2.05, 4.69) is 0 Å². The van der Waals surface area contributed by atoms with Crippen LogP contribution in [0.2, 0.25) is 0 Å². The Morgan fingerprint density at radius 3 is 1.89 bits per heavy atom. The van der Waals surface area contributed by atoms with Crippen LogP contribution < -0.4 is 5.73 Å². The van der Waals surface area contributed by atoms with E-state index in [0.29, 0.717) is 6.04 Å². The second-order valence-electron chi connectivity index (χ2n) is 2.57. The first-order chi connectivity index (χ1) is 3.79. The zero-order valence-corrected chi connectivity index (χ0v) is 8.35. The Morgan fingerprint density at radius 2 is 1.56 bits per heavy atom. The Labute approximate surface area is 70.1 Å². The monoisotopic (exact) mass is 299 g/mol. The zero-order valence-electron chi connectivity index (χ0n) is 5.42. The first kappa shape index (κ1) is 9.61. The summed E-state index contributed by atoms with van der Waals surface area (Å²) >= 11 is 0. The van der Waals surface area contributed by atoms with E-state index in [4.69, 9.17) is 10.8 Å². The molecule has 1 rings (SSSR count). The van der Waals surface area contributed by atoms with E-state index in [1.807, 2.05) is 0 Å². The van der Waals surface area contributed by atoms with Gasteiger partial charge in [0.05, 0.1) is 6.10 Å². The molecule has 2 nitrogen and oxygen atoms in total. The fourth-order valence-corrected chi connectivity index (χ4v) is 1.10. The van der Waals surface area contributed by atoms with Gasteiger partial charge >= 0.3 is 0 Å². The van der Waals surface area contributed by atoms with Crippen LogP contribution in [0.3, 0.4) is 0 Å². The van der Waals surface area contributed by atoms with Gasteiger partial charge < -0.3 is 10.8 Å². The van der Waals surface area contributed by atoms with Gasteiger partial charge in [-0.05, 0) is 25.7 Å². The predicted octanol–water partition coefficient (Wildman–Crippen LogP) is 0.246. The molecule has 9 heavy (non-hydrogen) atoms. The van der Waals surface area contributed by atoms with E-state index in [-0.39, 0.29) is 27.2 Å². The normalized spacial score (nSPS) is 35.3. The van der Waals surface area contributed by atoms with Crippen molar-refractivity contribution in [3.63, 3.8) is 0 Å². The summed E-state index contributed by atoms with van der Waals surface area (Å²) in [5.74, 6) is 0. The van der Waals surface area contributed by atoms with Crippen LogP contribution in [0, 0.1) is 0 Å². The molecule has 0 aromatic rings. The minimum absolute atomic E-state index is 0. The predicted molar refractivity (Wildman–Crippen MR) is 32.5 cm³/mol. The summed E-state index contributed by atoms with van der Waals surface area (Å²) in [7, 11) is 0. The Hall–Kier alpha value is 0.608. The van der Waals surface area contributed by atoms with E-state index in [1.165, 1.54) is 0 Å². The molecule has 1 aliphatic rings. The third-order valence-electron chi connectivity index (χ3n) is 1.74. The number of hydrogen-bond acceptors (Lipinski definition) is 2. The van der Waals surface area contributed by atoms with Crippen molar-refractivity contribution >= 4 is 0 Å². The average Bonchev–Trinajstić information content (AvgIpc) is 1.77. The fraction of sp³-hybridized carbons (Fsp3) is 1.00. The summed E-state index contributed by atoms with van der Waals surface area (Å²) in [4.78, 5) is 0. The van der Waals surface area contributed by atoms with Gasteiger partial charge in [0.25, 0.3) is 0 Å². The van der Waals surface area contributed by atoms with Crippen molar-refractivity contribution in [1.29, 1.82) is 0 Å². The first-order valence-corrected chi connectivity index (χ1v) is 3.22. The third kappa shape index (κ3) is 3.34. The van der Waals surface area contributed by atoms with Crippen LogP contribution >= 0.6 is 0 Å². The van der Waals surface area contributed by atoms with Gasteiger partial charge in [0.15, 0.2) is 0 Å². The number of aliphatic hydroxyl groups excluding tert-OH is 1. The van der Waals surface area contributed by atoms with Crippen LogP contribution in [0.1, 0.15) is 25.7 Å². The second kappa shape index (κ2) is 4.43. The summed E-state index contributed by atoms with van der Waals surface area (Å²) in [6.45, 7) is 0. The molecule has 0 aliphatic heterocycles. The number of nitrogens with two attached hydrogens (primary N) is 1. The molecule has 3 N–H and O–H groups in total. The fourth-order valence-electron chi connectivity index (χ4n) is 1.10.